The van der Waals surface area contributed by atoms with E-state index >= 15 is 0 Å². The Balaban J connectivity index is 1.90. The van der Waals surface area contributed by atoms with Crippen LogP contribution < -0.4 is 5.32 Å². The molecule has 0 aliphatic carbocycles. The van der Waals surface area contributed by atoms with Crippen LogP contribution in [0.15, 0.2) is 18.2 Å². The Hall–Kier alpha value is -1.55. The average molecular weight is 304 g/mol. The fourth-order valence-corrected chi connectivity index (χ4v) is 3.02. The van der Waals surface area contributed by atoms with E-state index in [1.807, 2.05) is 18.7 Å². The number of rotatable bonds is 5. The maximum Gasteiger partial charge on any atom is 0.317 e. The van der Waals surface area contributed by atoms with Gasteiger partial charge in [-0.1, -0.05) is 23.8 Å². The lowest BCUT2D eigenvalue weighted by Crippen LogP contribution is -2.40. The summed E-state index contributed by atoms with van der Waals surface area (Å²) in [5.74, 6) is 0.474. The minimum Gasteiger partial charge on any atom is -0.381 e. The molecule has 1 aliphatic heterocycles. The first-order valence-electron chi connectivity index (χ1n) is 8.21. The van der Waals surface area contributed by atoms with Crippen LogP contribution in [0.5, 0.6) is 0 Å². The fraction of sp³-hybridized carbons (Fsp3) is 0.611. The Bertz CT molecular complexity index is 516. The smallest absolute Gasteiger partial charge is 0.317 e. The predicted molar refractivity (Wildman–Crippen MR) is 89.0 cm³/mol. The molecule has 4 heteroatoms. The first-order chi connectivity index (χ1) is 10.5. The second kappa shape index (κ2) is 7.63. The molecule has 1 fully saturated rings. The summed E-state index contributed by atoms with van der Waals surface area (Å²) in [6.45, 7) is 11.3. The minimum atomic E-state index is 0.0262. The van der Waals surface area contributed by atoms with Gasteiger partial charge in [-0.05, 0) is 45.2 Å². The third-order valence-corrected chi connectivity index (χ3v) is 4.37. The van der Waals surface area contributed by atoms with Crippen LogP contribution in [0.1, 0.15) is 43.0 Å². The van der Waals surface area contributed by atoms with E-state index in [9.17, 15) is 4.79 Å². The molecule has 2 rings (SSSR count). The zero-order valence-corrected chi connectivity index (χ0v) is 14.2. The van der Waals surface area contributed by atoms with Crippen molar-refractivity contribution in [3.8, 4) is 0 Å². The number of aryl methyl sites for hydroxylation is 2. The van der Waals surface area contributed by atoms with Crippen molar-refractivity contribution in [2.24, 2.45) is 5.92 Å². The molecule has 0 saturated carbocycles. The van der Waals surface area contributed by atoms with Gasteiger partial charge in [0.2, 0.25) is 0 Å². The van der Waals surface area contributed by atoms with Crippen molar-refractivity contribution in [1.29, 1.82) is 0 Å². The van der Waals surface area contributed by atoms with E-state index < -0.39 is 0 Å². The molecule has 2 unspecified atom stereocenters. The zero-order valence-electron chi connectivity index (χ0n) is 14.2. The number of urea groups is 1. The molecule has 1 aliphatic rings. The van der Waals surface area contributed by atoms with Gasteiger partial charge in [0.1, 0.15) is 0 Å². The Morgan fingerprint density at radius 3 is 2.95 bits per heavy atom. The van der Waals surface area contributed by atoms with Crippen LogP contribution in [0.2, 0.25) is 0 Å². The van der Waals surface area contributed by atoms with Crippen LogP contribution in [0, 0.1) is 19.8 Å². The summed E-state index contributed by atoms with van der Waals surface area (Å²) in [4.78, 5) is 14.3. The molecular weight excluding hydrogens is 276 g/mol. The lowest BCUT2D eigenvalue weighted by molar-refractivity contribution is 0.113. The lowest BCUT2D eigenvalue weighted by atomic mass is 10.0. The molecule has 0 aromatic heterocycles. The second-order valence-electron chi connectivity index (χ2n) is 6.29. The molecular formula is C18H28N2O2. The van der Waals surface area contributed by atoms with Crippen LogP contribution in [0.25, 0.3) is 0 Å². The monoisotopic (exact) mass is 304 g/mol. The van der Waals surface area contributed by atoms with Crippen molar-refractivity contribution in [1.82, 2.24) is 10.2 Å². The number of ether oxygens (including phenoxy) is 1. The van der Waals surface area contributed by atoms with Crippen molar-refractivity contribution >= 4 is 6.03 Å². The van der Waals surface area contributed by atoms with Gasteiger partial charge < -0.3 is 15.0 Å². The highest BCUT2D eigenvalue weighted by molar-refractivity contribution is 5.75. The maximum absolute atomic E-state index is 12.4. The van der Waals surface area contributed by atoms with E-state index in [4.69, 9.17) is 4.74 Å². The molecule has 2 atom stereocenters. The SMILES string of the molecule is CCOCC1CCN(C(=O)NC(C)c2cc(C)ccc2C)C1. The molecule has 22 heavy (non-hydrogen) atoms. The molecule has 0 radical (unpaired) electrons. The van der Waals surface area contributed by atoms with Gasteiger partial charge in [0.25, 0.3) is 0 Å². The van der Waals surface area contributed by atoms with E-state index in [0.29, 0.717) is 5.92 Å². The summed E-state index contributed by atoms with van der Waals surface area (Å²) in [5.41, 5.74) is 3.63. The molecule has 1 aromatic carbocycles. The van der Waals surface area contributed by atoms with Gasteiger partial charge in [-0.2, -0.15) is 0 Å². The summed E-state index contributed by atoms with van der Waals surface area (Å²) in [6.07, 6.45) is 1.03. The van der Waals surface area contributed by atoms with Crippen LogP contribution in [-0.2, 0) is 4.74 Å². The minimum absolute atomic E-state index is 0.0262. The highest BCUT2D eigenvalue weighted by atomic mass is 16.5. The number of carbonyl (C=O) groups is 1. The van der Waals surface area contributed by atoms with Crippen molar-refractivity contribution in [2.75, 3.05) is 26.3 Å². The van der Waals surface area contributed by atoms with E-state index in [2.05, 4.69) is 37.4 Å². The van der Waals surface area contributed by atoms with Crippen molar-refractivity contribution in [3.63, 3.8) is 0 Å². The number of hydrogen-bond acceptors (Lipinski definition) is 2. The number of nitrogens with one attached hydrogen (secondary N) is 1. The second-order valence-corrected chi connectivity index (χ2v) is 6.29. The molecule has 1 aromatic rings. The Morgan fingerprint density at radius 2 is 2.23 bits per heavy atom. The first-order valence-corrected chi connectivity index (χ1v) is 8.21. The van der Waals surface area contributed by atoms with E-state index in [-0.39, 0.29) is 12.1 Å². The highest BCUT2D eigenvalue weighted by Crippen LogP contribution is 2.21. The summed E-state index contributed by atoms with van der Waals surface area (Å²) >= 11 is 0. The van der Waals surface area contributed by atoms with Crippen LogP contribution in [-0.4, -0.2) is 37.2 Å². The molecule has 1 heterocycles. The van der Waals surface area contributed by atoms with Crippen LogP contribution in [0.4, 0.5) is 4.79 Å². The number of carbonyl (C=O) groups excluding carboxylic acids is 1. The molecule has 1 N–H and O–H groups in total. The lowest BCUT2D eigenvalue weighted by Gasteiger charge is -2.22. The first kappa shape index (κ1) is 16.8. The summed E-state index contributed by atoms with van der Waals surface area (Å²) in [7, 11) is 0. The Kier molecular flexibility index (Phi) is 5.83. The largest absolute Gasteiger partial charge is 0.381 e. The number of hydrogen-bond donors (Lipinski definition) is 1. The molecule has 4 nitrogen and oxygen atoms in total. The molecule has 0 bridgehead atoms. The van der Waals surface area contributed by atoms with Gasteiger partial charge in [-0.3, -0.25) is 0 Å². The fourth-order valence-electron chi connectivity index (χ4n) is 3.02. The normalized spacial score (nSPS) is 19.3. The zero-order chi connectivity index (χ0) is 16.1. The number of nitrogens with zero attached hydrogens (tertiary/aromatic N) is 1. The summed E-state index contributed by atoms with van der Waals surface area (Å²) in [5, 5.41) is 3.13. The number of amides is 2. The van der Waals surface area contributed by atoms with E-state index in [1.165, 1.54) is 16.7 Å². The average Bonchev–Trinajstić information content (AvgIpc) is 2.96. The van der Waals surface area contributed by atoms with Gasteiger partial charge in [0, 0.05) is 25.6 Å². The maximum atomic E-state index is 12.4. The van der Waals surface area contributed by atoms with Gasteiger partial charge in [0.05, 0.1) is 12.6 Å². The third-order valence-electron chi connectivity index (χ3n) is 4.37. The van der Waals surface area contributed by atoms with E-state index in [1.54, 1.807) is 0 Å². The van der Waals surface area contributed by atoms with Crippen LogP contribution >= 0.6 is 0 Å². The molecule has 1 saturated heterocycles. The standard InChI is InChI=1S/C18H28N2O2/c1-5-22-12-16-8-9-20(11-16)18(21)19-15(4)17-10-13(2)6-7-14(17)3/h6-7,10,15-16H,5,8-9,11-12H2,1-4H3,(H,19,21). The predicted octanol–water partition coefficient (Wildman–Crippen LogP) is 3.43. The topological polar surface area (TPSA) is 41.6 Å². The number of benzene rings is 1. The van der Waals surface area contributed by atoms with Crippen molar-refractivity contribution < 1.29 is 9.53 Å². The van der Waals surface area contributed by atoms with Crippen LogP contribution in [0.3, 0.4) is 0 Å². The summed E-state index contributed by atoms with van der Waals surface area (Å²) < 4.78 is 5.47. The summed E-state index contributed by atoms with van der Waals surface area (Å²) in [6, 6.07) is 6.43. The quantitative estimate of drug-likeness (QED) is 0.905. The number of likely N-dealkylation sites (tertiary alicyclic amines) is 1. The molecule has 122 valence electrons. The third kappa shape index (κ3) is 4.23. The van der Waals surface area contributed by atoms with Gasteiger partial charge >= 0.3 is 6.03 Å². The molecule has 0 spiro atoms. The Labute approximate surface area is 133 Å². The van der Waals surface area contributed by atoms with Gasteiger partial charge in [-0.25, -0.2) is 4.79 Å². The van der Waals surface area contributed by atoms with Crippen molar-refractivity contribution in [2.45, 2.75) is 40.2 Å². The van der Waals surface area contributed by atoms with Crippen molar-refractivity contribution in [3.05, 3.63) is 34.9 Å². The highest BCUT2D eigenvalue weighted by Gasteiger charge is 2.27. The molecule has 2 amide bonds. The van der Waals surface area contributed by atoms with E-state index in [0.717, 1.165) is 32.7 Å². The van der Waals surface area contributed by atoms with Gasteiger partial charge in [-0.15, -0.1) is 0 Å². The Morgan fingerprint density at radius 1 is 1.45 bits per heavy atom. The van der Waals surface area contributed by atoms with Gasteiger partial charge in [0.15, 0.2) is 0 Å².